The second kappa shape index (κ2) is 9.91. The van der Waals surface area contributed by atoms with E-state index in [0.717, 1.165) is 4.90 Å². The van der Waals surface area contributed by atoms with Crippen molar-refractivity contribution in [2.45, 2.75) is 43.1 Å². The minimum absolute atomic E-state index is 0.122. The first-order chi connectivity index (χ1) is 13.6. The topological polar surface area (TPSA) is 116 Å². The highest BCUT2D eigenvalue weighted by atomic mass is 32.2. The molecule has 1 amide bonds. The zero-order valence-corrected chi connectivity index (χ0v) is 18.1. The Kier molecular flexibility index (Phi) is 7.83. The van der Waals surface area contributed by atoms with Gasteiger partial charge in [0.2, 0.25) is 10.0 Å². The average Bonchev–Trinajstić information content (AvgIpc) is 2.64. The van der Waals surface area contributed by atoms with Crippen LogP contribution in [0.5, 0.6) is 0 Å². The highest BCUT2D eigenvalue weighted by Crippen LogP contribution is 2.22. The Morgan fingerprint density at radius 1 is 1.14 bits per heavy atom. The van der Waals surface area contributed by atoms with Gasteiger partial charge < -0.3 is 10.1 Å². The molecule has 29 heavy (non-hydrogen) atoms. The number of ether oxygens (including phenoxy) is 1. The van der Waals surface area contributed by atoms with E-state index in [0.29, 0.717) is 5.75 Å². The van der Waals surface area contributed by atoms with Gasteiger partial charge in [-0.05, 0) is 62.2 Å². The Bertz CT molecular complexity index is 1010. The molecule has 0 spiro atoms. The molecule has 0 radical (unpaired) electrons. The van der Waals surface area contributed by atoms with E-state index in [1.54, 1.807) is 11.8 Å². The van der Waals surface area contributed by atoms with Gasteiger partial charge in [-0.25, -0.2) is 13.6 Å². The van der Waals surface area contributed by atoms with E-state index in [4.69, 9.17) is 9.88 Å². The zero-order valence-electron chi connectivity index (χ0n) is 16.5. The number of nitrogens with one attached hydrogen (secondary N) is 1. The summed E-state index contributed by atoms with van der Waals surface area (Å²) in [6, 6.07) is 11.6. The minimum atomic E-state index is -3.88. The first kappa shape index (κ1) is 22.9. The summed E-state index contributed by atoms with van der Waals surface area (Å²) in [5.74, 6) is -0.513. The number of aryl methyl sites for hydroxylation is 2. The van der Waals surface area contributed by atoms with Gasteiger partial charge in [0, 0.05) is 16.3 Å². The van der Waals surface area contributed by atoms with Crippen molar-refractivity contribution in [2.75, 3.05) is 11.1 Å². The SMILES string of the molecule is Cc1ccc(SCCC(=O)OC(C)C(=O)Nc2cccc(S(N)(=O)=O)c2)cc1C. The van der Waals surface area contributed by atoms with Crippen LogP contribution >= 0.6 is 11.8 Å². The zero-order chi connectivity index (χ0) is 21.6. The van der Waals surface area contributed by atoms with E-state index in [1.807, 2.05) is 26.0 Å². The molecule has 0 aliphatic heterocycles. The number of benzene rings is 2. The van der Waals surface area contributed by atoms with Gasteiger partial charge >= 0.3 is 5.97 Å². The predicted octanol–water partition coefficient (Wildman–Crippen LogP) is 3.00. The molecule has 0 aliphatic carbocycles. The van der Waals surface area contributed by atoms with Gasteiger partial charge in [-0.1, -0.05) is 12.1 Å². The van der Waals surface area contributed by atoms with Crippen molar-refractivity contribution < 1.29 is 22.7 Å². The lowest BCUT2D eigenvalue weighted by Gasteiger charge is -2.14. The Labute approximate surface area is 175 Å². The number of carbonyl (C=O) groups excluding carboxylic acids is 2. The van der Waals surface area contributed by atoms with Crippen molar-refractivity contribution >= 4 is 39.3 Å². The van der Waals surface area contributed by atoms with E-state index < -0.39 is 28.0 Å². The lowest BCUT2D eigenvalue weighted by atomic mass is 10.1. The predicted molar refractivity (Wildman–Crippen MR) is 113 cm³/mol. The van der Waals surface area contributed by atoms with Gasteiger partial charge in [-0.3, -0.25) is 9.59 Å². The second-order valence-corrected chi connectivity index (χ2v) is 9.27. The van der Waals surface area contributed by atoms with Crippen molar-refractivity contribution in [1.82, 2.24) is 0 Å². The van der Waals surface area contributed by atoms with E-state index in [-0.39, 0.29) is 17.0 Å². The van der Waals surface area contributed by atoms with Crippen LogP contribution < -0.4 is 10.5 Å². The van der Waals surface area contributed by atoms with Crippen LogP contribution in [0.1, 0.15) is 24.5 Å². The summed E-state index contributed by atoms with van der Waals surface area (Å²) < 4.78 is 27.9. The molecule has 1 atom stereocenters. The molecule has 0 saturated heterocycles. The van der Waals surface area contributed by atoms with Gasteiger partial charge in [0.05, 0.1) is 11.3 Å². The highest BCUT2D eigenvalue weighted by Gasteiger charge is 2.18. The number of primary sulfonamides is 1. The summed E-state index contributed by atoms with van der Waals surface area (Å²) in [5, 5.41) is 7.59. The molecule has 0 saturated carbocycles. The molecule has 2 aromatic carbocycles. The summed E-state index contributed by atoms with van der Waals surface area (Å²) in [5.41, 5.74) is 2.65. The molecule has 2 rings (SSSR count). The Morgan fingerprint density at radius 3 is 2.52 bits per heavy atom. The normalized spacial score (nSPS) is 12.3. The number of esters is 1. The Balaban J connectivity index is 1.82. The van der Waals surface area contributed by atoms with Gasteiger partial charge in [0.25, 0.3) is 5.91 Å². The van der Waals surface area contributed by atoms with Crippen molar-refractivity contribution in [1.29, 1.82) is 0 Å². The van der Waals surface area contributed by atoms with Gasteiger partial charge in [-0.2, -0.15) is 0 Å². The van der Waals surface area contributed by atoms with Gasteiger partial charge in [-0.15, -0.1) is 11.8 Å². The van der Waals surface area contributed by atoms with Crippen molar-refractivity contribution in [2.24, 2.45) is 5.14 Å². The molecule has 0 heterocycles. The molecular formula is C20H24N2O5S2. The van der Waals surface area contributed by atoms with E-state index in [9.17, 15) is 18.0 Å². The quantitative estimate of drug-likeness (QED) is 0.485. The molecule has 0 fully saturated rings. The van der Waals surface area contributed by atoms with Crippen LogP contribution in [0.15, 0.2) is 52.3 Å². The maximum atomic E-state index is 12.2. The largest absolute Gasteiger partial charge is 0.453 e. The highest BCUT2D eigenvalue weighted by molar-refractivity contribution is 7.99. The summed E-state index contributed by atoms with van der Waals surface area (Å²) >= 11 is 1.54. The molecule has 7 nitrogen and oxygen atoms in total. The molecule has 1 unspecified atom stereocenters. The molecule has 2 aromatic rings. The fraction of sp³-hybridized carbons (Fsp3) is 0.300. The minimum Gasteiger partial charge on any atom is -0.453 e. The summed E-state index contributed by atoms with van der Waals surface area (Å²) in [6.07, 6.45) is -0.858. The van der Waals surface area contributed by atoms with E-state index in [2.05, 4.69) is 11.4 Å². The van der Waals surface area contributed by atoms with Crippen LogP contribution in [0, 0.1) is 13.8 Å². The van der Waals surface area contributed by atoms with Crippen LogP contribution in [0.25, 0.3) is 0 Å². The maximum Gasteiger partial charge on any atom is 0.307 e. The van der Waals surface area contributed by atoms with Crippen LogP contribution in [0.2, 0.25) is 0 Å². The molecule has 9 heteroatoms. The van der Waals surface area contributed by atoms with Crippen molar-refractivity contribution in [3.8, 4) is 0 Å². The Morgan fingerprint density at radius 2 is 1.86 bits per heavy atom. The summed E-state index contributed by atoms with van der Waals surface area (Å²) in [7, 11) is -3.88. The number of hydrogen-bond acceptors (Lipinski definition) is 6. The first-order valence-electron chi connectivity index (χ1n) is 8.89. The van der Waals surface area contributed by atoms with Crippen LogP contribution in [0.4, 0.5) is 5.69 Å². The molecular weight excluding hydrogens is 412 g/mol. The number of nitrogens with two attached hydrogens (primary N) is 1. The standard InChI is InChI=1S/C20H24N2O5S2/c1-13-7-8-17(11-14(13)2)28-10-9-19(23)27-15(3)20(24)22-16-5-4-6-18(12-16)29(21,25)26/h4-8,11-12,15H,9-10H2,1-3H3,(H,22,24)(H2,21,25,26). The van der Waals surface area contributed by atoms with Gasteiger partial charge in [0.1, 0.15) is 0 Å². The number of thioether (sulfide) groups is 1. The molecule has 3 N–H and O–H groups in total. The number of carbonyl (C=O) groups is 2. The Hall–Kier alpha value is -2.36. The van der Waals surface area contributed by atoms with Crippen LogP contribution in [-0.2, 0) is 24.3 Å². The van der Waals surface area contributed by atoms with Gasteiger partial charge in [0.15, 0.2) is 6.10 Å². The van der Waals surface area contributed by atoms with Crippen LogP contribution in [-0.4, -0.2) is 32.2 Å². The second-order valence-electron chi connectivity index (χ2n) is 6.54. The third-order valence-corrected chi connectivity index (χ3v) is 6.07. The number of sulfonamides is 1. The molecule has 0 aromatic heterocycles. The maximum absolute atomic E-state index is 12.2. The lowest BCUT2D eigenvalue weighted by Crippen LogP contribution is -2.30. The lowest BCUT2D eigenvalue weighted by molar-refractivity contribution is -0.152. The summed E-state index contributed by atoms with van der Waals surface area (Å²) in [6.45, 7) is 5.53. The number of anilines is 1. The fourth-order valence-corrected chi connectivity index (χ4v) is 3.85. The smallest absolute Gasteiger partial charge is 0.307 e. The first-order valence-corrected chi connectivity index (χ1v) is 11.4. The van der Waals surface area contributed by atoms with Crippen molar-refractivity contribution in [3.05, 3.63) is 53.6 Å². The fourth-order valence-electron chi connectivity index (χ4n) is 2.36. The third kappa shape index (κ3) is 7.19. The number of hydrogen-bond donors (Lipinski definition) is 2. The summed E-state index contributed by atoms with van der Waals surface area (Å²) in [4.78, 5) is 25.1. The van der Waals surface area contributed by atoms with Crippen molar-refractivity contribution in [3.63, 3.8) is 0 Å². The van der Waals surface area contributed by atoms with E-state index >= 15 is 0 Å². The molecule has 0 aliphatic rings. The molecule has 0 bridgehead atoms. The van der Waals surface area contributed by atoms with E-state index in [1.165, 1.54) is 42.3 Å². The monoisotopic (exact) mass is 436 g/mol. The number of rotatable bonds is 8. The molecule has 156 valence electrons. The van der Waals surface area contributed by atoms with Crippen LogP contribution in [0.3, 0.4) is 0 Å². The number of amides is 1. The average molecular weight is 437 g/mol. The third-order valence-electron chi connectivity index (χ3n) is 4.16.